The van der Waals surface area contributed by atoms with E-state index in [1.807, 2.05) is 28.8 Å². The van der Waals surface area contributed by atoms with Gasteiger partial charge in [0, 0.05) is 30.8 Å². The highest BCUT2D eigenvalue weighted by Crippen LogP contribution is 2.22. The molecule has 1 aliphatic rings. The first-order valence-corrected chi connectivity index (χ1v) is 6.02. The van der Waals surface area contributed by atoms with Crippen molar-refractivity contribution in [3.8, 4) is 6.07 Å². The molecule has 0 N–H and O–H groups in total. The molecule has 0 spiro atoms. The van der Waals surface area contributed by atoms with Crippen LogP contribution in [-0.2, 0) is 16.1 Å². The van der Waals surface area contributed by atoms with Crippen molar-refractivity contribution >= 4 is 17.3 Å². The normalized spacial score (nSPS) is 15.2. The van der Waals surface area contributed by atoms with Crippen LogP contribution in [0.1, 0.15) is 24.0 Å². The molecule has 0 bridgehead atoms. The highest BCUT2D eigenvalue weighted by Gasteiger charge is 2.29. The van der Waals surface area contributed by atoms with E-state index in [2.05, 4.69) is 6.07 Å². The van der Waals surface area contributed by atoms with E-state index in [-0.39, 0.29) is 31.2 Å². The molecule has 5 nitrogen and oxygen atoms in total. The molecule has 1 saturated heterocycles. The van der Waals surface area contributed by atoms with Crippen molar-refractivity contribution in [1.82, 2.24) is 9.30 Å². The summed E-state index contributed by atoms with van der Waals surface area (Å²) in [6.07, 6.45) is 4.18. The molecule has 2 amide bonds. The monoisotopic (exact) mass is 253 g/mol. The van der Waals surface area contributed by atoms with E-state index in [4.69, 9.17) is 0 Å². The summed E-state index contributed by atoms with van der Waals surface area (Å²) < 4.78 is 1.83. The smallest absolute Gasteiger partial charge is 0.229 e. The molecule has 1 aliphatic heterocycles. The van der Waals surface area contributed by atoms with E-state index in [1.165, 1.54) is 4.90 Å². The minimum Gasteiger partial charge on any atom is -0.322 e. The third-order valence-electron chi connectivity index (χ3n) is 3.36. The first-order valence-electron chi connectivity index (χ1n) is 6.02. The van der Waals surface area contributed by atoms with Crippen molar-refractivity contribution in [2.45, 2.75) is 19.4 Å². The lowest BCUT2D eigenvalue weighted by Crippen LogP contribution is -2.28. The van der Waals surface area contributed by atoms with Crippen LogP contribution in [0.5, 0.6) is 0 Å². The van der Waals surface area contributed by atoms with Crippen molar-refractivity contribution in [1.29, 1.82) is 5.26 Å². The van der Waals surface area contributed by atoms with Gasteiger partial charge in [0.15, 0.2) is 0 Å². The molecule has 2 aromatic rings. The molecule has 2 aromatic heterocycles. The zero-order valence-corrected chi connectivity index (χ0v) is 10.2. The van der Waals surface area contributed by atoms with E-state index in [1.54, 1.807) is 6.20 Å². The zero-order valence-electron chi connectivity index (χ0n) is 10.2. The molecule has 0 radical (unpaired) electrons. The standard InChI is InChI=1S/C14H11N3O2/c15-7-11-10(8-16-6-2-1-3-12(11)16)9-17-13(18)4-5-14(17)19/h1-3,6,8H,4-5,9H2. The summed E-state index contributed by atoms with van der Waals surface area (Å²) in [4.78, 5) is 24.5. The lowest BCUT2D eigenvalue weighted by atomic mass is 10.1. The van der Waals surface area contributed by atoms with Gasteiger partial charge < -0.3 is 4.40 Å². The molecule has 0 aliphatic carbocycles. The second-order valence-electron chi connectivity index (χ2n) is 4.51. The topological polar surface area (TPSA) is 65.6 Å². The van der Waals surface area contributed by atoms with Crippen LogP contribution in [0.3, 0.4) is 0 Å². The average molecular weight is 253 g/mol. The number of hydrogen-bond acceptors (Lipinski definition) is 3. The van der Waals surface area contributed by atoms with Crippen LogP contribution in [0, 0.1) is 11.3 Å². The number of aromatic nitrogens is 1. The molecule has 0 atom stereocenters. The number of amides is 2. The molecule has 3 heterocycles. The van der Waals surface area contributed by atoms with Gasteiger partial charge in [-0.2, -0.15) is 5.26 Å². The number of pyridine rings is 1. The van der Waals surface area contributed by atoms with E-state index >= 15 is 0 Å². The number of nitriles is 1. The van der Waals surface area contributed by atoms with Gasteiger partial charge in [-0.1, -0.05) is 6.07 Å². The number of fused-ring (bicyclic) bond motifs is 1. The third kappa shape index (κ3) is 1.78. The molecular weight excluding hydrogens is 242 g/mol. The summed E-state index contributed by atoms with van der Waals surface area (Å²) in [5.41, 5.74) is 2.02. The Labute approximate surface area is 109 Å². The summed E-state index contributed by atoms with van der Waals surface area (Å²) in [5.74, 6) is -0.326. The Balaban J connectivity index is 2.04. The fourth-order valence-corrected chi connectivity index (χ4v) is 2.40. The SMILES string of the molecule is N#Cc1c(CN2C(=O)CCC2=O)cn2ccccc12. The molecule has 0 saturated carbocycles. The third-order valence-corrected chi connectivity index (χ3v) is 3.36. The van der Waals surface area contributed by atoms with Crippen LogP contribution in [0.2, 0.25) is 0 Å². The number of nitrogens with zero attached hydrogens (tertiary/aromatic N) is 3. The minimum atomic E-state index is -0.163. The van der Waals surface area contributed by atoms with Crippen LogP contribution in [-0.4, -0.2) is 21.1 Å². The Hall–Kier alpha value is -2.61. The largest absolute Gasteiger partial charge is 0.322 e. The minimum absolute atomic E-state index is 0.163. The number of carbonyl (C=O) groups is 2. The fraction of sp³-hybridized carbons (Fsp3) is 0.214. The summed E-state index contributed by atoms with van der Waals surface area (Å²) in [7, 11) is 0. The Morgan fingerprint density at radius 3 is 2.63 bits per heavy atom. The molecule has 1 fully saturated rings. The van der Waals surface area contributed by atoms with Crippen LogP contribution in [0.15, 0.2) is 30.6 Å². The van der Waals surface area contributed by atoms with Gasteiger partial charge in [0.05, 0.1) is 17.6 Å². The summed E-state index contributed by atoms with van der Waals surface area (Å²) in [5, 5.41) is 9.26. The molecular formula is C14H11N3O2. The average Bonchev–Trinajstić information content (AvgIpc) is 2.93. The number of hydrogen-bond donors (Lipinski definition) is 0. The maximum Gasteiger partial charge on any atom is 0.229 e. The van der Waals surface area contributed by atoms with Gasteiger partial charge in [-0.3, -0.25) is 14.5 Å². The van der Waals surface area contributed by atoms with Gasteiger partial charge in [-0.25, -0.2) is 0 Å². The highest BCUT2D eigenvalue weighted by atomic mass is 16.2. The molecule has 3 rings (SSSR count). The van der Waals surface area contributed by atoms with Crippen LogP contribution >= 0.6 is 0 Å². The van der Waals surface area contributed by atoms with E-state index in [9.17, 15) is 14.9 Å². The quantitative estimate of drug-likeness (QED) is 0.761. The zero-order chi connectivity index (χ0) is 13.4. The van der Waals surface area contributed by atoms with Gasteiger partial charge in [-0.15, -0.1) is 0 Å². The molecule has 0 aromatic carbocycles. The Bertz CT molecular complexity index is 708. The van der Waals surface area contributed by atoms with Gasteiger partial charge in [0.25, 0.3) is 0 Å². The van der Waals surface area contributed by atoms with Crippen molar-refractivity contribution in [2.75, 3.05) is 0 Å². The summed E-state index contributed by atoms with van der Waals surface area (Å²) in [6, 6.07) is 7.71. The van der Waals surface area contributed by atoms with Gasteiger partial charge >= 0.3 is 0 Å². The van der Waals surface area contributed by atoms with Crippen molar-refractivity contribution in [3.63, 3.8) is 0 Å². The molecule has 94 valence electrons. The Morgan fingerprint density at radius 2 is 1.95 bits per heavy atom. The lowest BCUT2D eigenvalue weighted by Gasteiger charge is -2.12. The van der Waals surface area contributed by atoms with E-state index in [0.717, 1.165) is 5.52 Å². The molecule has 19 heavy (non-hydrogen) atoms. The maximum atomic E-state index is 11.6. The van der Waals surface area contributed by atoms with E-state index < -0.39 is 0 Å². The van der Waals surface area contributed by atoms with Crippen molar-refractivity contribution < 1.29 is 9.59 Å². The molecule has 5 heteroatoms. The second kappa shape index (κ2) is 4.25. The number of carbonyl (C=O) groups excluding carboxylic acids is 2. The van der Waals surface area contributed by atoms with Gasteiger partial charge in [0.1, 0.15) is 6.07 Å². The van der Waals surface area contributed by atoms with Crippen LogP contribution in [0.25, 0.3) is 5.52 Å². The Morgan fingerprint density at radius 1 is 1.21 bits per heavy atom. The Kier molecular flexibility index (Phi) is 2.57. The van der Waals surface area contributed by atoms with Crippen molar-refractivity contribution in [2.24, 2.45) is 0 Å². The van der Waals surface area contributed by atoms with Gasteiger partial charge in [0.2, 0.25) is 11.8 Å². The fourth-order valence-electron chi connectivity index (χ4n) is 2.40. The summed E-state index contributed by atoms with van der Waals surface area (Å²) >= 11 is 0. The predicted octanol–water partition coefficient (Wildman–Crippen LogP) is 1.46. The first kappa shape index (κ1) is 11.5. The van der Waals surface area contributed by atoms with Gasteiger partial charge in [-0.05, 0) is 12.1 Å². The van der Waals surface area contributed by atoms with Crippen molar-refractivity contribution in [3.05, 3.63) is 41.7 Å². The predicted molar refractivity (Wildman–Crippen MR) is 66.9 cm³/mol. The lowest BCUT2D eigenvalue weighted by molar-refractivity contribution is -0.139. The summed E-state index contributed by atoms with van der Waals surface area (Å²) in [6.45, 7) is 0.183. The van der Waals surface area contributed by atoms with Crippen LogP contribution in [0.4, 0.5) is 0 Å². The number of imide groups is 1. The number of rotatable bonds is 2. The number of likely N-dealkylation sites (tertiary alicyclic amines) is 1. The first-order chi connectivity index (χ1) is 9.20. The second-order valence-corrected chi connectivity index (χ2v) is 4.51. The highest BCUT2D eigenvalue weighted by molar-refractivity contribution is 6.01. The molecule has 0 unspecified atom stereocenters. The van der Waals surface area contributed by atoms with E-state index in [0.29, 0.717) is 11.1 Å². The maximum absolute atomic E-state index is 11.6. The van der Waals surface area contributed by atoms with Crippen LogP contribution < -0.4 is 0 Å².